The molecule has 2 heterocycles. The third-order valence-corrected chi connectivity index (χ3v) is 4.22. The zero-order chi connectivity index (χ0) is 15.0. The van der Waals surface area contributed by atoms with Gasteiger partial charge < -0.3 is 9.67 Å². The van der Waals surface area contributed by atoms with Crippen molar-refractivity contribution in [1.29, 1.82) is 0 Å². The van der Waals surface area contributed by atoms with Crippen LogP contribution in [0.3, 0.4) is 0 Å². The predicted octanol–water partition coefficient (Wildman–Crippen LogP) is 1.75. The standard InChI is InChI=1S/C16H22N4O/c1-11-6-12(2)16(13(3)7-11)14(21)8-19-4-5-20-10-17-18-15(20)9-19/h6-7,10,14,21H,4-5,8-9H2,1-3H3. The minimum atomic E-state index is -0.458. The first-order valence-corrected chi connectivity index (χ1v) is 7.39. The molecule has 0 saturated carbocycles. The highest BCUT2D eigenvalue weighted by molar-refractivity contribution is 5.39. The van der Waals surface area contributed by atoms with E-state index in [4.69, 9.17) is 0 Å². The Kier molecular flexibility index (Phi) is 3.78. The van der Waals surface area contributed by atoms with Crippen LogP contribution < -0.4 is 0 Å². The van der Waals surface area contributed by atoms with Crippen molar-refractivity contribution in [3.05, 3.63) is 46.5 Å². The number of hydrogen-bond donors (Lipinski definition) is 1. The normalized spacial score (nSPS) is 16.8. The SMILES string of the molecule is Cc1cc(C)c(C(O)CN2CCn3cnnc3C2)c(C)c1. The largest absolute Gasteiger partial charge is 0.387 e. The number of fused-ring (bicyclic) bond motifs is 1. The number of aliphatic hydroxyl groups excluding tert-OH is 1. The molecule has 1 aromatic carbocycles. The van der Waals surface area contributed by atoms with Crippen LogP contribution in [-0.2, 0) is 13.1 Å². The van der Waals surface area contributed by atoms with E-state index in [1.54, 1.807) is 6.33 Å². The summed E-state index contributed by atoms with van der Waals surface area (Å²) in [7, 11) is 0. The Bertz CT molecular complexity index is 626. The van der Waals surface area contributed by atoms with E-state index in [9.17, 15) is 5.11 Å². The quantitative estimate of drug-likeness (QED) is 0.934. The van der Waals surface area contributed by atoms with Gasteiger partial charge in [0.25, 0.3) is 0 Å². The lowest BCUT2D eigenvalue weighted by molar-refractivity contribution is 0.0954. The summed E-state index contributed by atoms with van der Waals surface area (Å²) in [5, 5.41) is 18.7. The highest BCUT2D eigenvalue weighted by atomic mass is 16.3. The van der Waals surface area contributed by atoms with Gasteiger partial charge in [-0.05, 0) is 37.5 Å². The Morgan fingerprint density at radius 2 is 1.90 bits per heavy atom. The van der Waals surface area contributed by atoms with Crippen molar-refractivity contribution in [2.45, 2.75) is 40.0 Å². The summed E-state index contributed by atoms with van der Waals surface area (Å²) in [5.74, 6) is 0.978. The molecule has 1 N–H and O–H groups in total. The van der Waals surface area contributed by atoms with Crippen molar-refractivity contribution >= 4 is 0 Å². The molecule has 0 fully saturated rings. The Balaban J connectivity index is 1.74. The molecule has 0 radical (unpaired) electrons. The van der Waals surface area contributed by atoms with Gasteiger partial charge in [-0.15, -0.1) is 10.2 Å². The van der Waals surface area contributed by atoms with Crippen molar-refractivity contribution in [3.63, 3.8) is 0 Å². The maximum atomic E-state index is 10.6. The van der Waals surface area contributed by atoms with Crippen LogP contribution in [0.2, 0.25) is 0 Å². The molecule has 0 amide bonds. The van der Waals surface area contributed by atoms with Crippen LogP contribution in [0, 0.1) is 20.8 Å². The van der Waals surface area contributed by atoms with Gasteiger partial charge in [0.1, 0.15) is 12.2 Å². The van der Waals surface area contributed by atoms with Crippen LogP contribution in [0.15, 0.2) is 18.5 Å². The maximum Gasteiger partial charge on any atom is 0.147 e. The molecule has 0 aliphatic carbocycles. The second-order valence-corrected chi connectivity index (χ2v) is 6.00. The molecule has 21 heavy (non-hydrogen) atoms. The van der Waals surface area contributed by atoms with Crippen molar-refractivity contribution in [2.24, 2.45) is 0 Å². The third-order valence-electron chi connectivity index (χ3n) is 4.22. The van der Waals surface area contributed by atoms with Gasteiger partial charge in [-0.3, -0.25) is 4.90 Å². The van der Waals surface area contributed by atoms with E-state index in [2.05, 4.69) is 52.6 Å². The molecule has 5 heteroatoms. The number of benzene rings is 1. The highest BCUT2D eigenvalue weighted by Crippen LogP contribution is 2.25. The van der Waals surface area contributed by atoms with Gasteiger partial charge in [-0.1, -0.05) is 17.7 Å². The average molecular weight is 286 g/mol. The summed E-state index contributed by atoms with van der Waals surface area (Å²) in [6.07, 6.45) is 1.32. The fraction of sp³-hybridized carbons (Fsp3) is 0.500. The number of aryl methyl sites for hydroxylation is 3. The lowest BCUT2D eigenvalue weighted by Gasteiger charge is -2.29. The fourth-order valence-corrected chi connectivity index (χ4v) is 3.32. The highest BCUT2D eigenvalue weighted by Gasteiger charge is 2.22. The number of aliphatic hydroxyl groups is 1. The lowest BCUT2D eigenvalue weighted by atomic mass is 9.95. The maximum absolute atomic E-state index is 10.6. The molecule has 0 spiro atoms. The molecule has 1 unspecified atom stereocenters. The topological polar surface area (TPSA) is 54.2 Å². The van der Waals surface area contributed by atoms with E-state index in [1.807, 2.05) is 0 Å². The molecule has 2 aromatic rings. The van der Waals surface area contributed by atoms with E-state index < -0.39 is 6.10 Å². The summed E-state index contributed by atoms with van der Waals surface area (Å²) in [4.78, 5) is 2.24. The predicted molar refractivity (Wildman–Crippen MR) is 80.9 cm³/mol. The van der Waals surface area contributed by atoms with Crippen molar-refractivity contribution < 1.29 is 5.11 Å². The number of aromatic nitrogens is 3. The van der Waals surface area contributed by atoms with Gasteiger partial charge in [-0.2, -0.15) is 0 Å². The van der Waals surface area contributed by atoms with Gasteiger partial charge in [0, 0.05) is 19.6 Å². The third kappa shape index (κ3) is 2.84. The van der Waals surface area contributed by atoms with E-state index in [0.29, 0.717) is 6.54 Å². The minimum absolute atomic E-state index is 0.458. The summed E-state index contributed by atoms with van der Waals surface area (Å²) < 4.78 is 2.07. The van der Waals surface area contributed by atoms with Crippen LogP contribution in [0.1, 0.15) is 34.2 Å². The van der Waals surface area contributed by atoms with E-state index in [0.717, 1.165) is 31.0 Å². The van der Waals surface area contributed by atoms with Crippen LogP contribution >= 0.6 is 0 Å². The average Bonchev–Trinajstić information content (AvgIpc) is 2.84. The molecular formula is C16H22N4O. The van der Waals surface area contributed by atoms with Gasteiger partial charge in [-0.25, -0.2) is 0 Å². The molecule has 1 aliphatic heterocycles. The van der Waals surface area contributed by atoms with Crippen LogP contribution in [0.25, 0.3) is 0 Å². The number of β-amino-alcohol motifs (C(OH)–C–C–N with tert-alkyl or cyclic N) is 1. The van der Waals surface area contributed by atoms with Crippen molar-refractivity contribution in [2.75, 3.05) is 13.1 Å². The first-order valence-electron chi connectivity index (χ1n) is 7.39. The summed E-state index contributed by atoms with van der Waals surface area (Å²) in [6, 6.07) is 4.27. The molecule has 1 aliphatic rings. The fourth-order valence-electron chi connectivity index (χ4n) is 3.32. The molecule has 3 rings (SSSR count). The van der Waals surface area contributed by atoms with Gasteiger partial charge in [0.2, 0.25) is 0 Å². The molecule has 0 saturated heterocycles. The second kappa shape index (κ2) is 5.58. The molecule has 1 atom stereocenters. The van der Waals surface area contributed by atoms with Gasteiger partial charge >= 0.3 is 0 Å². The summed E-state index contributed by atoms with van der Waals surface area (Å²) >= 11 is 0. The van der Waals surface area contributed by atoms with Crippen LogP contribution in [0.4, 0.5) is 0 Å². The first kappa shape index (κ1) is 14.2. The number of rotatable bonds is 3. The molecule has 0 bridgehead atoms. The van der Waals surface area contributed by atoms with Crippen LogP contribution in [0.5, 0.6) is 0 Å². The van der Waals surface area contributed by atoms with Crippen molar-refractivity contribution in [1.82, 2.24) is 19.7 Å². The number of nitrogens with zero attached hydrogens (tertiary/aromatic N) is 4. The molecule has 5 nitrogen and oxygen atoms in total. The second-order valence-electron chi connectivity index (χ2n) is 6.00. The molecular weight excluding hydrogens is 264 g/mol. The smallest absolute Gasteiger partial charge is 0.147 e. The zero-order valence-electron chi connectivity index (χ0n) is 12.9. The zero-order valence-corrected chi connectivity index (χ0v) is 12.9. The van der Waals surface area contributed by atoms with Gasteiger partial charge in [0.05, 0.1) is 12.6 Å². The first-order chi connectivity index (χ1) is 10.0. The summed E-state index contributed by atoms with van der Waals surface area (Å²) in [6.45, 7) is 9.44. The van der Waals surface area contributed by atoms with Crippen LogP contribution in [-0.4, -0.2) is 37.9 Å². The molecule has 1 aromatic heterocycles. The Labute approximate surface area is 125 Å². The number of hydrogen-bond acceptors (Lipinski definition) is 4. The molecule has 112 valence electrons. The lowest BCUT2D eigenvalue weighted by Crippen LogP contribution is -2.36. The Morgan fingerprint density at radius 3 is 2.62 bits per heavy atom. The summed E-state index contributed by atoms with van der Waals surface area (Å²) in [5.41, 5.74) is 4.64. The van der Waals surface area contributed by atoms with E-state index in [-0.39, 0.29) is 0 Å². The Hall–Kier alpha value is -1.72. The van der Waals surface area contributed by atoms with E-state index >= 15 is 0 Å². The van der Waals surface area contributed by atoms with Gasteiger partial charge in [0.15, 0.2) is 0 Å². The minimum Gasteiger partial charge on any atom is -0.387 e. The van der Waals surface area contributed by atoms with E-state index in [1.165, 1.54) is 16.7 Å². The Morgan fingerprint density at radius 1 is 1.19 bits per heavy atom. The van der Waals surface area contributed by atoms with Crippen molar-refractivity contribution in [3.8, 4) is 0 Å². The monoisotopic (exact) mass is 286 g/mol.